The van der Waals surface area contributed by atoms with Crippen LogP contribution in [0.5, 0.6) is 0 Å². The first-order valence-electron chi connectivity index (χ1n) is 26.0. The first kappa shape index (κ1) is 42.4. The van der Waals surface area contributed by atoms with Crippen LogP contribution in [0.2, 0.25) is 0 Å². The minimum atomic E-state index is 0.865. The lowest BCUT2D eigenvalue weighted by molar-refractivity contribution is 0.668. The van der Waals surface area contributed by atoms with E-state index in [-0.39, 0.29) is 0 Å². The number of nitrogens with zero attached hydrogens (tertiary/aromatic N) is 2. The fourth-order valence-corrected chi connectivity index (χ4v) is 12.2. The Bertz CT molecular complexity index is 4680. The third-order valence-corrected chi connectivity index (χ3v) is 15.7. The summed E-state index contributed by atoms with van der Waals surface area (Å²) in [6.07, 6.45) is 0. The Morgan fingerprint density at radius 2 is 0.526 bits per heavy atom. The smallest absolute Gasteiger partial charge is 0.135 e. The largest absolute Gasteiger partial charge is 0.456 e. The van der Waals surface area contributed by atoms with Crippen LogP contribution in [0.1, 0.15) is 0 Å². The van der Waals surface area contributed by atoms with E-state index in [0.717, 1.165) is 88.6 Å². The number of rotatable bonds is 7. The lowest BCUT2D eigenvalue weighted by atomic mass is 9.95. The van der Waals surface area contributed by atoms with Crippen LogP contribution in [0, 0.1) is 0 Å². The van der Waals surface area contributed by atoms with Crippen LogP contribution in [0.4, 0.5) is 0 Å². The van der Waals surface area contributed by atoms with Crippen molar-refractivity contribution >= 4 is 87.5 Å². The molecule has 4 aromatic heterocycles. The summed E-state index contributed by atoms with van der Waals surface area (Å²) in [5.74, 6) is 0. The molecule has 12 aromatic carbocycles. The predicted octanol–water partition coefficient (Wildman–Crippen LogP) is 20.0. The van der Waals surface area contributed by atoms with E-state index in [0.29, 0.717) is 0 Å². The Morgan fingerprint density at radius 3 is 0.921 bits per heavy atom. The first-order valence-corrected chi connectivity index (χ1v) is 26.0. The van der Waals surface area contributed by atoms with Crippen molar-refractivity contribution in [3.63, 3.8) is 0 Å². The highest BCUT2D eigenvalue weighted by atomic mass is 16.3. The number of benzene rings is 12. The molecule has 0 fully saturated rings. The molecule has 0 radical (unpaired) electrons. The van der Waals surface area contributed by atoms with E-state index in [9.17, 15) is 0 Å². The first-order chi connectivity index (χ1) is 37.7. The zero-order chi connectivity index (χ0) is 49.8. The van der Waals surface area contributed by atoms with Gasteiger partial charge in [-0.3, -0.25) is 0 Å². The zero-order valence-corrected chi connectivity index (χ0v) is 41.1. The highest BCUT2D eigenvalue weighted by Crippen LogP contribution is 2.43. The topological polar surface area (TPSA) is 36.1 Å². The normalized spacial score (nSPS) is 11.9. The van der Waals surface area contributed by atoms with Gasteiger partial charge in [-0.05, 0) is 142 Å². The molecule has 0 aliphatic rings. The van der Waals surface area contributed by atoms with Crippen molar-refractivity contribution in [2.45, 2.75) is 0 Å². The summed E-state index contributed by atoms with van der Waals surface area (Å²) >= 11 is 0. The molecule has 4 heterocycles. The number of para-hydroxylation sites is 6. The Balaban J connectivity index is 0.761. The molecular formula is C72H44N2O2. The van der Waals surface area contributed by atoms with Crippen LogP contribution in [0.3, 0.4) is 0 Å². The van der Waals surface area contributed by atoms with E-state index in [1.54, 1.807) is 0 Å². The van der Waals surface area contributed by atoms with Gasteiger partial charge in [-0.25, -0.2) is 0 Å². The Labute approximate surface area is 437 Å². The lowest BCUT2D eigenvalue weighted by Crippen LogP contribution is -1.95. The second-order valence-electron chi connectivity index (χ2n) is 20.0. The van der Waals surface area contributed by atoms with E-state index in [4.69, 9.17) is 8.83 Å². The Kier molecular flexibility index (Phi) is 9.30. The van der Waals surface area contributed by atoms with Gasteiger partial charge in [-0.2, -0.15) is 0 Å². The van der Waals surface area contributed by atoms with Gasteiger partial charge < -0.3 is 18.0 Å². The summed E-state index contributed by atoms with van der Waals surface area (Å²) < 4.78 is 17.8. The van der Waals surface area contributed by atoms with Gasteiger partial charge in [0, 0.05) is 65.6 Å². The van der Waals surface area contributed by atoms with E-state index < -0.39 is 0 Å². The van der Waals surface area contributed by atoms with E-state index in [1.165, 1.54) is 65.9 Å². The predicted molar refractivity (Wildman–Crippen MR) is 317 cm³/mol. The average Bonchev–Trinajstić information content (AvgIpc) is 4.25. The lowest BCUT2D eigenvalue weighted by Gasteiger charge is -2.12. The van der Waals surface area contributed by atoms with Crippen LogP contribution in [0.25, 0.3) is 154 Å². The van der Waals surface area contributed by atoms with Crippen molar-refractivity contribution in [3.8, 4) is 67.0 Å². The summed E-state index contributed by atoms with van der Waals surface area (Å²) in [5, 5.41) is 9.32. The number of fused-ring (bicyclic) bond motifs is 12. The minimum Gasteiger partial charge on any atom is -0.456 e. The third-order valence-electron chi connectivity index (χ3n) is 15.7. The van der Waals surface area contributed by atoms with Crippen molar-refractivity contribution < 1.29 is 8.83 Å². The fraction of sp³-hybridized carbons (Fsp3) is 0. The van der Waals surface area contributed by atoms with Gasteiger partial charge in [0.1, 0.15) is 22.3 Å². The number of aromatic nitrogens is 2. The van der Waals surface area contributed by atoms with Gasteiger partial charge in [-0.1, -0.05) is 170 Å². The minimum absolute atomic E-state index is 0.865. The van der Waals surface area contributed by atoms with E-state index >= 15 is 0 Å². The molecule has 0 N–H and O–H groups in total. The highest BCUT2D eigenvalue weighted by molar-refractivity contribution is 6.16. The highest BCUT2D eigenvalue weighted by Gasteiger charge is 2.20. The molecule has 16 aromatic rings. The maximum Gasteiger partial charge on any atom is 0.135 e. The summed E-state index contributed by atoms with van der Waals surface area (Å²) in [6, 6.07) is 96.4. The summed E-state index contributed by atoms with van der Waals surface area (Å²) in [6.45, 7) is 0. The van der Waals surface area contributed by atoms with Crippen LogP contribution in [0.15, 0.2) is 276 Å². The van der Waals surface area contributed by atoms with Gasteiger partial charge in [0.25, 0.3) is 0 Å². The quantitative estimate of drug-likeness (QED) is 0.160. The molecule has 0 saturated heterocycles. The molecule has 4 heteroatoms. The molecule has 16 rings (SSSR count). The second-order valence-corrected chi connectivity index (χ2v) is 20.0. The molecule has 0 aliphatic heterocycles. The maximum absolute atomic E-state index is 6.51. The monoisotopic (exact) mass is 968 g/mol. The van der Waals surface area contributed by atoms with Crippen LogP contribution >= 0.6 is 0 Å². The van der Waals surface area contributed by atoms with E-state index in [1.807, 2.05) is 0 Å². The van der Waals surface area contributed by atoms with Gasteiger partial charge in [0.15, 0.2) is 0 Å². The molecule has 0 aliphatic carbocycles. The third kappa shape index (κ3) is 6.57. The van der Waals surface area contributed by atoms with Crippen LogP contribution in [-0.4, -0.2) is 9.13 Å². The fourth-order valence-electron chi connectivity index (χ4n) is 12.2. The molecule has 0 atom stereocenters. The number of hydrogen-bond donors (Lipinski definition) is 0. The maximum atomic E-state index is 6.51. The Hall–Kier alpha value is -10.2. The van der Waals surface area contributed by atoms with Crippen molar-refractivity contribution in [1.29, 1.82) is 0 Å². The van der Waals surface area contributed by atoms with Crippen LogP contribution < -0.4 is 0 Å². The zero-order valence-electron chi connectivity index (χ0n) is 41.1. The van der Waals surface area contributed by atoms with Crippen molar-refractivity contribution in [1.82, 2.24) is 9.13 Å². The molecule has 354 valence electrons. The molecule has 0 spiro atoms. The van der Waals surface area contributed by atoms with Crippen molar-refractivity contribution in [2.24, 2.45) is 0 Å². The molecule has 0 unspecified atom stereocenters. The molecule has 0 saturated carbocycles. The SMILES string of the molecule is c1ccc(-n2c3ccccc3c3cccc(-c4cccc(-c5ccc6oc7ccc(-c8ccc9oc%10ccc(-c%11cccc(-c%12cccc%13c%14ccccc%14n(-c%14ccccc%14)c%12%13)c%11)cc%10c9c8)cc7c6c5)c4)c32)cc1. The van der Waals surface area contributed by atoms with Gasteiger partial charge in [0.2, 0.25) is 0 Å². The van der Waals surface area contributed by atoms with Crippen molar-refractivity contribution in [3.05, 3.63) is 267 Å². The number of hydrogen-bond acceptors (Lipinski definition) is 2. The Morgan fingerprint density at radius 1 is 0.211 bits per heavy atom. The molecule has 4 nitrogen and oxygen atoms in total. The molecular weight excluding hydrogens is 925 g/mol. The summed E-state index contributed by atoms with van der Waals surface area (Å²) in [7, 11) is 0. The van der Waals surface area contributed by atoms with Gasteiger partial charge in [0.05, 0.1) is 22.1 Å². The van der Waals surface area contributed by atoms with Gasteiger partial charge in [-0.15, -0.1) is 0 Å². The van der Waals surface area contributed by atoms with Gasteiger partial charge >= 0.3 is 0 Å². The number of furan rings is 2. The molecule has 76 heavy (non-hydrogen) atoms. The average molecular weight is 969 g/mol. The molecule has 0 amide bonds. The van der Waals surface area contributed by atoms with Crippen LogP contribution in [-0.2, 0) is 0 Å². The van der Waals surface area contributed by atoms with E-state index in [2.05, 4.69) is 276 Å². The standard InChI is InChI=1S/C72H44N2O2/c1-3-19-53(20-4-1)73-65-29-9-7-23-57(65)59-27-13-25-55(71(59)73)51-17-11-15-45(39-51)47-31-35-67-61(41-47)63-43-49(33-37-69(63)75-67)50-34-38-70-64(44-50)62-42-48(32-36-68(62)76-70)46-16-12-18-52(40-46)56-26-14-28-60-58-24-8-10-30-66(58)74(72(56)60)54-21-5-2-6-22-54/h1-44H. The van der Waals surface area contributed by atoms with Crippen molar-refractivity contribution in [2.75, 3.05) is 0 Å². The second kappa shape index (κ2) is 16.7. The molecule has 0 bridgehead atoms. The summed E-state index contributed by atoms with van der Waals surface area (Å²) in [4.78, 5) is 0. The summed E-state index contributed by atoms with van der Waals surface area (Å²) in [5.41, 5.74) is 22.1.